The molecule has 1 aliphatic rings. The Balaban J connectivity index is 2.12. The van der Waals surface area contributed by atoms with Crippen LogP contribution in [0.25, 0.3) is 0 Å². The summed E-state index contributed by atoms with van der Waals surface area (Å²) in [5.41, 5.74) is 5.93. The lowest BCUT2D eigenvalue weighted by molar-refractivity contribution is 0.0678. The van der Waals surface area contributed by atoms with Crippen molar-refractivity contribution in [3.63, 3.8) is 0 Å². The van der Waals surface area contributed by atoms with Gasteiger partial charge in [-0.2, -0.15) is 0 Å². The molecular weight excluding hydrogens is 244 g/mol. The molecule has 5 heteroatoms. The first kappa shape index (κ1) is 13.6. The monoisotopic (exact) mass is 264 g/mol. The van der Waals surface area contributed by atoms with Gasteiger partial charge < -0.3 is 15.6 Å². The summed E-state index contributed by atoms with van der Waals surface area (Å²) in [4.78, 5) is 15.2. The van der Waals surface area contributed by atoms with Crippen LogP contribution in [-0.4, -0.2) is 22.2 Å². The second kappa shape index (κ2) is 5.91. The molecule has 0 amide bonds. The first-order chi connectivity index (χ1) is 9.10. The molecule has 1 aromatic heterocycles. The molecule has 1 aliphatic carbocycles. The third-order valence-corrected chi connectivity index (χ3v) is 3.69. The van der Waals surface area contributed by atoms with Crippen molar-refractivity contribution in [2.75, 3.05) is 5.73 Å². The first-order valence-electron chi connectivity index (χ1n) is 6.75. The fourth-order valence-corrected chi connectivity index (χ4v) is 2.59. The van der Waals surface area contributed by atoms with E-state index in [0.717, 1.165) is 25.7 Å². The maximum atomic E-state index is 11.2. The average Bonchev–Trinajstić information content (AvgIpc) is 2.41. The second-order valence-corrected chi connectivity index (χ2v) is 5.11. The van der Waals surface area contributed by atoms with Gasteiger partial charge in [-0.05, 0) is 31.2 Å². The number of aromatic carboxylic acids is 1. The lowest BCUT2D eigenvalue weighted by atomic mass is 9.85. The number of aromatic nitrogens is 1. The van der Waals surface area contributed by atoms with Gasteiger partial charge in [-0.3, -0.25) is 0 Å². The fourth-order valence-electron chi connectivity index (χ4n) is 2.59. The maximum absolute atomic E-state index is 11.2. The number of carbonyl (C=O) groups is 1. The Morgan fingerprint density at radius 1 is 1.58 bits per heavy atom. The number of carboxylic acid groups (broad SMARTS) is 1. The van der Waals surface area contributed by atoms with Crippen LogP contribution in [0.3, 0.4) is 0 Å². The Morgan fingerprint density at radius 3 is 3.05 bits per heavy atom. The van der Waals surface area contributed by atoms with E-state index >= 15 is 0 Å². The van der Waals surface area contributed by atoms with Gasteiger partial charge in [0, 0.05) is 0 Å². The van der Waals surface area contributed by atoms with Crippen LogP contribution in [0.5, 0.6) is 5.88 Å². The van der Waals surface area contributed by atoms with Crippen LogP contribution in [0.15, 0.2) is 12.3 Å². The third kappa shape index (κ3) is 3.36. The molecule has 0 aliphatic heterocycles. The van der Waals surface area contributed by atoms with Crippen LogP contribution in [0, 0.1) is 5.92 Å². The number of pyridine rings is 1. The Kier molecular flexibility index (Phi) is 4.24. The molecule has 1 fully saturated rings. The smallest absolute Gasteiger partial charge is 0.341 e. The maximum Gasteiger partial charge on any atom is 0.341 e. The minimum Gasteiger partial charge on any atom is -0.477 e. The van der Waals surface area contributed by atoms with Crippen LogP contribution in [0.4, 0.5) is 5.69 Å². The van der Waals surface area contributed by atoms with E-state index in [2.05, 4.69) is 11.9 Å². The SMILES string of the molecule is CCC1CCCC(Oc2ncc(N)cc2C(=O)O)C1. The normalized spacial score (nSPS) is 23.0. The van der Waals surface area contributed by atoms with Gasteiger partial charge in [-0.25, -0.2) is 9.78 Å². The van der Waals surface area contributed by atoms with Crippen LogP contribution >= 0.6 is 0 Å². The molecule has 2 rings (SSSR count). The highest BCUT2D eigenvalue weighted by Gasteiger charge is 2.24. The summed E-state index contributed by atoms with van der Waals surface area (Å²) in [7, 11) is 0. The Hall–Kier alpha value is -1.78. The highest BCUT2D eigenvalue weighted by Crippen LogP contribution is 2.30. The molecule has 0 radical (unpaired) electrons. The molecule has 0 saturated heterocycles. The van der Waals surface area contributed by atoms with Crippen molar-refractivity contribution in [1.82, 2.24) is 4.98 Å². The quantitative estimate of drug-likeness (QED) is 0.873. The number of hydrogen-bond acceptors (Lipinski definition) is 4. The molecule has 5 nitrogen and oxygen atoms in total. The number of hydrogen-bond donors (Lipinski definition) is 2. The highest BCUT2D eigenvalue weighted by molar-refractivity contribution is 5.91. The second-order valence-electron chi connectivity index (χ2n) is 5.11. The number of ether oxygens (including phenoxy) is 1. The van der Waals surface area contributed by atoms with Crippen LogP contribution in [0.2, 0.25) is 0 Å². The average molecular weight is 264 g/mol. The molecule has 104 valence electrons. The molecule has 1 saturated carbocycles. The van der Waals surface area contributed by atoms with Gasteiger partial charge in [0.15, 0.2) is 0 Å². The van der Waals surface area contributed by atoms with Gasteiger partial charge >= 0.3 is 5.97 Å². The van der Waals surface area contributed by atoms with E-state index in [9.17, 15) is 4.79 Å². The van der Waals surface area contributed by atoms with E-state index in [4.69, 9.17) is 15.6 Å². The van der Waals surface area contributed by atoms with Crippen molar-refractivity contribution in [3.8, 4) is 5.88 Å². The standard InChI is InChI=1S/C14H20N2O3/c1-2-9-4-3-5-11(6-9)19-13-12(14(17)18)7-10(15)8-16-13/h7-9,11H,2-6,15H2,1H3,(H,17,18). The van der Waals surface area contributed by atoms with Crippen molar-refractivity contribution in [1.29, 1.82) is 0 Å². The van der Waals surface area contributed by atoms with E-state index < -0.39 is 5.97 Å². The predicted molar refractivity (Wildman–Crippen MR) is 72.3 cm³/mol. The number of nitrogens with zero attached hydrogens (tertiary/aromatic N) is 1. The molecule has 0 spiro atoms. The summed E-state index contributed by atoms with van der Waals surface area (Å²) < 4.78 is 5.79. The molecule has 2 atom stereocenters. The minimum atomic E-state index is -1.06. The van der Waals surface area contributed by atoms with E-state index in [-0.39, 0.29) is 17.5 Å². The number of carboxylic acids is 1. The molecule has 0 bridgehead atoms. The van der Waals surface area contributed by atoms with Crippen LogP contribution < -0.4 is 10.5 Å². The topological polar surface area (TPSA) is 85.4 Å². The van der Waals surface area contributed by atoms with E-state index in [1.165, 1.54) is 18.7 Å². The number of nitrogen functional groups attached to an aromatic ring is 1. The van der Waals surface area contributed by atoms with E-state index in [1.54, 1.807) is 0 Å². The Bertz CT molecular complexity index is 462. The Labute approximate surface area is 112 Å². The van der Waals surface area contributed by atoms with Gasteiger partial charge in [-0.15, -0.1) is 0 Å². The molecule has 2 unspecified atom stereocenters. The zero-order valence-corrected chi connectivity index (χ0v) is 11.1. The van der Waals surface area contributed by atoms with Gasteiger partial charge in [0.2, 0.25) is 5.88 Å². The summed E-state index contributed by atoms with van der Waals surface area (Å²) in [6.07, 6.45) is 6.93. The summed E-state index contributed by atoms with van der Waals surface area (Å²) in [5.74, 6) is -0.207. The molecule has 3 N–H and O–H groups in total. The molecule has 1 heterocycles. The molecule has 0 aromatic carbocycles. The van der Waals surface area contributed by atoms with Crippen LogP contribution in [-0.2, 0) is 0 Å². The Morgan fingerprint density at radius 2 is 2.37 bits per heavy atom. The van der Waals surface area contributed by atoms with Crippen molar-refractivity contribution in [2.45, 2.75) is 45.1 Å². The van der Waals surface area contributed by atoms with Gasteiger partial charge in [-0.1, -0.05) is 19.8 Å². The zero-order valence-electron chi connectivity index (χ0n) is 11.1. The molecule has 19 heavy (non-hydrogen) atoms. The summed E-state index contributed by atoms with van der Waals surface area (Å²) in [6.45, 7) is 2.18. The van der Waals surface area contributed by atoms with Crippen molar-refractivity contribution >= 4 is 11.7 Å². The summed E-state index contributed by atoms with van der Waals surface area (Å²) in [6, 6.07) is 1.39. The molecule has 1 aromatic rings. The van der Waals surface area contributed by atoms with E-state index in [1.807, 2.05) is 0 Å². The van der Waals surface area contributed by atoms with Gasteiger partial charge in [0.05, 0.1) is 11.9 Å². The lowest BCUT2D eigenvalue weighted by Gasteiger charge is -2.28. The number of nitrogens with two attached hydrogens (primary N) is 1. The lowest BCUT2D eigenvalue weighted by Crippen LogP contribution is -2.26. The molecular formula is C14H20N2O3. The largest absolute Gasteiger partial charge is 0.477 e. The fraction of sp³-hybridized carbons (Fsp3) is 0.571. The first-order valence-corrected chi connectivity index (χ1v) is 6.75. The third-order valence-electron chi connectivity index (χ3n) is 3.69. The van der Waals surface area contributed by atoms with Crippen molar-refractivity contribution in [2.24, 2.45) is 5.92 Å². The van der Waals surface area contributed by atoms with Crippen molar-refractivity contribution < 1.29 is 14.6 Å². The number of anilines is 1. The summed E-state index contributed by atoms with van der Waals surface area (Å²) >= 11 is 0. The summed E-state index contributed by atoms with van der Waals surface area (Å²) in [5, 5.41) is 9.14. The van der Waals surface area contributed by atoms with Crippen molar-refractivity contribution in [3.05, 3.63) is 17.8 Å². The zero-order chi connectivity index (χ0) is 13.8. The van der Waals surface area contributed by atoms with Gasteiger partial charge in [0.1, 0.15) is 11.7 Å². The van der Waals surface area contributed by atoms with E-state index in [0.29, 0.717) is 11.6 Å². The number of rotatable bonds is 4. The van der Waals surface area contributed by atoms with Gasteiger partial charge in [0.25, 0.3) is 0 Å². The highest BCUT2D eigenvalue weighted by atomic mass is 16.5. The predicted octanol–water partition coefficient (Wildman–Crippen LogP) is 2.71. The minimum absolute atomic E-state index is 0.0404. The van der Waals surface area contributed by atoms with Crippen LogP contribution in [0.1, 0.15) is 49.4 Å².